The summed E-state index contributed by atoms with van der Waals surface area (Å²) in [6.07, 6.45) is 5.84. The number of aromatic amines is 1. The molecule has 2 N–H and O–H groups in total. The van der Waals surface area contributed by atoms with Crippen LogP contribution in [0, 0.1) is 5.92 Å². The van der Waals surface area contributed by atoms with Crippen LogP contribution in [-0.2, 0) is 0 Å². The van der Waals surface area contributed by atoms with Gasteiger partial charge in [-0.25, -0.2) is 0 Å². The molecule has 0 spiro atoms. The van der Waals surface area contributed by atoms with Gasteiger partial charge < -0.3 is 5.32 Å². The Balaban J connectivity index is 2.03. The minimum absolute atomic E-state index is 0.161. The average Bonchev–Trinajstić information content (AvgIpc) is 2.89. The van der Waals surface area contributed by atoms with Crippen LogP contribution in [0.2, 0.25) is 0 Å². The molecule has 1 aromatic carbocycles. The minimum atomic E-state index is -0.161. The van der Waals surface area contributed by atoms with Crippen molar-refractivity contribution in [1.82, 2.24) is 10.2 Å². The molecule has 0 aliphatic carbocycles. The molecule has 2 rings (SSSR count). The Bertz CT molecular complexity index is 554. The van der Waals surface area contributed by atoms with Crippen LogP contribution in [0.25, 0.3) is 6.08 Å². The number of carbonyl (C=O) groups is 1. The van der Waals surface area contributed by atoms with Gasteiger partial charge in [0.1, 0.15) is 0 Å². The molecule has 0 bridgehead atoms. The lowest BCUT2D eigenvalue weighted by molar-refractivity contribution is 0.102. The van der Waals surface area contributed by atoms with E-state index in [4.69, 9.17) is 0 Å². The van der Waals surface area contributed by atoms with Gasteiger partial charge in [0.05, 0.1) is 0 Å². The molecule has 19 heavy (non-hydrogen) atoms. The summed E-state index contributed by atoms with van der Waals surface area (Å²) in [4.78, 5) is 11.9. The number of nitrogens with zero attached hydrogens (tertiary/aromatic N) is 1. The molecule has 0 fully saturated rings. The van der Waals surface area contributed by atoms with E-state index in [0.717, 1.165) is 5.56 Å². The molecule has 0 radical (unpaired) electrons. The normalized spacial score (nSPS) is 11.1. The van der Waals surface area contributed by atoms with E-state index in [-0.39, 0.29) is 5.91 Å². The van der Waals surface area contributed by atoms with Crippen molar-refractivity contribution in [1.29, 1.82) is 0 Å². The number of allylic oxidation sites excluding steroid dienone is 1. The highest BCUT2D eigenvalue weighted by Gasteiger charge is 2.06. The van der Waals surface area contributed by atoms with Gasteiger partial charge in [0, 0.05) is 17.8 Å². The van der Waals surface area contributed by atoms with Gasteiger partial charge in [-0.3, -0.25) is 9.89 Å². The van der Waals surface area contributed by atoms with Gasteiger partial charge in [-0.15, -0.1) is 0 Å². The van der Waals surface area contributed by atoms with Crippen molar-refractivity contribution in [2.75, 3.05) is 5.32 Å². The molecular weight excluding hydrogens is 238 g/mol. The summed E-state index contributed by atoms with van der Waals surface area (Å²) < 4.78 is 0. The number of amides is 1. The molecule has 1 amide bonds. The van der Waals surface area contributed by atoms with Crippen LogP contribution in [0.3, 0.4) is 0 Å². The second-order valence-electron chi connectivity index (χ2n) is 4.64. The summed E-state index contributed by atoms with van der Waals surface area (Å²) in [6.45, 7) is 4.25. The highest BCUT2D eigenvalue weighted by atomic mass is 16.1. The van der Waals surface area contributed by atoms with Gasteiger partial charge in [-0.05, 0) is 23.6 Å². The molecule has 1 aromatic heterocycles. The van der Waals surface area contributed by atoms with E-state index in [1.165, 1.54) is 0 Å². The molecule has 0 saturated carbocycles. The maximum atomic E-state index is 11.9. The molecule has 0 aliphatic rings. The Kier molecular flexibility index (Phi) is 4.13. The lowest BCUT2D eigenvalue weighted by Crippen LogP contribution is -2.11. The number of nitrogens with one attached hydrogen (secondary N) is 2. The van der Waals surface area contributed by atoms with Crippen LogP contribution in [0.1, 0.15) is 29.8 Å². The van der Waals surface area contributed by atoms with Crippen molar-refractivity contribution in [2.24, 2.45) is 5.92 Å². The molecule has 0 saturated heterocycles. The first-order valence-electron chi connectivity index (χ1n) is 6.24. The molecule has 4 heteroatoms. The van der Waals surface area contributed by atoms with E-state index in [2.05, 4.69) is 41.5 Å². The average molecular weight is 255 g/mol. The summed E-state index contributed by atoms with van der Waals surface area (Å²) in [5, 5.41) is 9.24. The summed E-state index contributed by atoms with van der Waals surface area (Å²) >= 11 is 0. The summed E-state index contributed by atoms with van der Waals surface area (Å²) in [6, 6.07) is 9.18. The number of hydrogen-bond donors (Lipinski definition) is 2. The smallest absolute Gasteiger partial charge is 0.256 e. The molecule has 2 aromatic rings. The second-order valence-corrected chi connectivity index (χ2v) is 4.64. The van der Waals surface area contributed by atoms with E-state index in [1.807, 2.05) is 24.3 Å². The third kappa shape index (κ3) is 3.81. The van der Waals surface area contributed by atoms with Crippen LogP contribution in [0.5, 0.6) is 0 Å². The highest BCUT2D eigenvalue weighted by Crippen LogP contribution is 2.10. The quantitative estimate of drug-likeness (QED) is 0.880. The van der Waals surface area contributed by atoms with Gasteiger partial charge in [-0.1, -0.05) is 38.1 Å². The lowest BCUT2D eigenvalue weighted by Gasteiger charge is -2.02. The molecule has 1 heterocycles. The van der Waals surface area contributed by atoms with Gasteiger partial charge in [0.2, 0.25) is 0 Å². The first kappa shape index (κ1) is 13.1. The summed E-state index contributed by atoms with van der Waals surface area (Å²) in [5.74, 6) is 0.878. The highest BCUT2D eigenvalue weighted by molar-refractivity contribution is 6.03. The maximum Gasteiger partial charge on any atom is 0.256 e. The zero-order valence-electron chi connectivity index (χ0n) is 11.1. The predicted molar refractivity (Wildman–Crippen MR) is 76.9 cm³/mol. The Morgan fingerprint density at radius 3 is 2.58 bits per heavy atom. The monoisotopic (exact) mass is 255 g/mol. The largest absolute Gasteiger partial charge is 0.305 e. The van der Waals surface area contributed by atoms with Crippen LogP contribution < -0.4 is 5.32 Å². The fourth-order valence-corrected chi connectivity index (χ4v) is 1.57. The first-order chi connectivity index (χ1) is 9.15. The van der Waals surface area contributed by atoms with Crippen molar-refractivity contribution in [3.63, 3.8) is 0 Å². The molecular formula is C15H17N3O. The van der Waals surface area contributed by atoms with Gasteiger partial charge >= 0.3 is 0 Å². The molecule has 0 atom stereocenters. The van der Waals surface area contributed by atoms with Crippen molar-refractivity contribution >= 4 is 17.8 Å². The van der Waals surface area contributed by atoms with Gasteiger partial charge in [0.25, 0.3) is 5.91 Å². The Labute approximate surface area is 112 Å². The zero-order valence-corrected chi connectivity index (χ0v) is 11.1. The number of aromatic nitrogens is 2. The van der Waals surface area contributed by atoms with E-state index < -0.39 is 0 Å². The second kappa shape index (κ2) is 6.00. The molecule has 0 unspecified atom stereocenters. The third-order valence-corrected chi connectivity index (χ3v) is 2.59. The Morgan fingerprint density at radius 1 is 1.26 bits per heavy atom. The van der Waals surface area contributed by atoms with Gasteiger partial charge in [0.15, 0.2) is 5.82 Å². The van der Waals surface area contributed by atoms with Crippen molar-refractivity contribution in [2.45, 2.75) is 13.8 Å². The van der Waals surface area contributed by atoms with E-state index >= 15 is 0 Å². The van der Waals surface area contributed by atoms with Crippen LogP contribution in [-0.4, -0.2) is 16.1 Å². The first-order valence-corrected chi connectivity index (χ1v) is 6.24. The van der Waals surface area contributed by atoms with Crippen molar-refractivity contribution in [3.8, 4) is 0 Å². The summed E-state index contributed by atoms with van der Waals surface area (Å²) in [5.41, 5.74) is 1.70. The van der Waals surface area contributed by atoms with Crippen LogP contribution in [0.15, 0.2) is 42.6 Å². The van der Waals surface area contributed by atoms with E-state index in [1.54, 1.807) is 12.3 Å². The van der Waals surface area contributed by atoms with Crippen molar-refractivity contribution < 1.29 is 4.79 Å². The Hall–Kier alpha value is -2.36. The number of H-pyrrole nitrogens is 1. The van der Waals surface area contributed by atoms with Crippen LogP contribution in [0.4, 0.5) is 5.82 Å². The number of anilines is 1. The molecule has 98 valence electrons. The number of hydrogen-bond acceptors (Lipinski definition) is 2. The molecule has 0 aliphatic heterocycles. The topological polar surface area (TPSA) is 57.8 Å². The standard InChI is InChI=1S/C15H17N3O/c1-11(2)3-4-12-5-7-13(8-6-12)15(19)17-14-9-10-16-18-14/h3-11H,1-2H3,(H2,16,17,18,19)/b4-3+. The van der Waals surface area contributed by atoms with Gasteiger partial charge in [-0.2, -0.15) is 5.10 Å². The third-order valence-electron chi connectivity index (χ3n) is 2.59. The fourth-order valence-electron chi connectivity index (χ4n) is 1.57. The fraction of sp³-hybridized carbons (Fsp3) is 0.200. The minimum Gasteiger partial charge on any atom is -0.305 e. The lowest BCUT2D eigenvalue weighted by atomic mass is 10.1. The number of benzene rings is 1. The Morgan fingerprint density at radius 2 is 2.00 bits per heavy atom. The van der Waals surface area contributed by atoms with E-state index in [9.17, 15) is 4.79 Å². The van der Waals surface area contributed by atoms with E-state index in [0.29, 0.717) is 17.3 Å². The number of rotatable bonds is 4. The molecule has 4 nitrogen and oxygen atoms in total. The zero-order chi connectivity index (χ0) is 13.7. The van der Waals surface area contributed by atoms with Crippen molar-refractivity contribution in [3.05, 3.63) is 53.7 Å². The number of carbonyl (C=O) groups excluding carboxylic acids is 1. The SMILES string of the molecule is CC(C)/C=C/c1ccc(C(=O)Nc2cc[nH]n2)cc1. The summed E-state index contributed by atoms with van der Waals surface area (Å²) in [7, 11) is 0. The predicted octanol–water partition coefficient (Wildman–Crippen LogP) is 3.33. The maximum absolute atomic E-state index is 11.9. The van der Waals surface area contributed by atoms with Crippen LogP contribution >= 0.6 is 0 Å².